The zero-order valence-electron chi connectivity index (χ0n) is 17.2. The van der Waals surface area contributed by atoms with Gasteiger partial charge in [0.25, 0.3) is 5.91 Å². The molecule has 2 saturated heterocycles. The summed E-state index contributed by atoms with van der Waals surface area (Å²) in [4.78, 5) is 65.3. The molecule has 164 valence electrons. The van der Waals surface area contributed by atoms with Gasteiger partial charge in [-0.2, -0.15) is 0 Å². The Hall–Kier alpha value is -3.29. The number of hydrogen-bond acceptors (Lipinski definition) is 7. The van der Waals surface area contributed by atoms with Crippen LogP contribution in [0, 0.1) is 29.1 Å². The third-order valence-corrected chi connectivity index (χ3v) is 8.14. The van der Waals surface area contributed by atoms with Gasteiger partial charge in [0.15, 0.2) is 0 Å². The zero-order valence-corrected chi connectivity index (χ0v) is 17.2. The van der Waals surface area contributed by atoms with E-state index >= 15 is 0 Å². The smallest absolute Gasteiger partial charge is 0.320 e. The number of rotatable bonds is 2. The monoisotopic (exact) mass is 435 g/mol. The van der Waals surface area contributed by atoms with Gasteiger partial charge < -0.3 is 14.8 Å². The number of hydrogen-bond donors (Lipinski definition) is 1. The summed E-state index contributed by atoms with van der Waals surface area (Å²) in [7, 11) is 0. The van der Waals surface area contributed by atoms with E-state index in [-0.39, 0.29) is 0 Å². The van der Waals surface area contributed by atoms with E-state index < -0.39 is 64.4 Å². The van der Waals surface area contributed by atoms with Gasteiger partial charge in [0.1, 0.15) is 0 Å². The molecule has 8 nitrogen and oxygen atoms in total. The van der Waals surface area contributed by atoms with Crippen LogP contribution in [-0.2, 0) is 28.7 Å². The molecule has 2 saturated carbocycles. The van der Waals surface area contributed by atoms with Crippen LogP contribution in [-0.4, -0.2) is 35.3 Å². The Kier molecular flexibility index (Phi) is 3.86. The number of esters is 4. The fourth-order valence-electron chi connectivity index (χ4n) is 7.08. The number of amides is 1. The highest BCUT2D eigenvalue weighted by atomic mass is 16.6. The third-order valence-electron chi connectivity index (χ3n) is 8.14. The molecule has 8 heteroatoms. The van der Waals surface area contributed by atoms with Gasteiger partial charge in [0.05, 0.1) is 29.2 Å². The van der Waals surface area contributed by atoms with Crippen molar-refractivity contribution in [3.05, 3.63) is 47.5 Å². The minimum absolute atomic E-state index is 0.340. The van der Waals surface area contributed by atoms with Gasteiger partial charge in [-0.3, -0.25) is 24.0 Å². The van der Waals surface area contributed by atoms with E-state index in [1.165, 1.54) is 0 Å². The van der Waals surface area contributed by atoms with Gasteiger partial charge in [-0.1, -0.05) is 42.7 Å². The Morgan fingerprint density at radius 3 is 2.03 bits per heavy atom. The molecule has 1 spiro atoms. The molecule has 1 aromatic carbocycles. The first-order chi connectivity index (χ1) is 15.4. The van der Waals surface area contributed by atoms with E-state index in [4.69, 9.17) is 9.47 Å². The van der Waals surface area contributed by atoms with E-state index in [1.54, 1.807) is 36.4 Å². The molecule has 1 N–H and O–H groups in total. The average Bonchev–Trinajstić information content (AvgIpc) is 3.17. The molecule has 0 radical (unpaired) electrons. The number of carbonyl (C=O) groups is 5. The highest BCUT2D eigenvalue weighted by molar-refractivity contribution is 6.07. The van der Waals surface area contributed by atoms with Crippen molar-refractivity contribution in [2.75, 3.05) is 0 Å². The first-order valence-electron chi connectivity index (χ1n) is 11.0. The van der Waals surface area contributed by atoms with E-state index in [9.17, 15) is 24.0 Å². The number of nitrogens with one attached hydrogen (secondary N) is 1. The second-order valence-corrected chi connectivity index (χ2v) is 9.41. The quantitative estimate of drug-likeness (QED) is 0.427. The summed E-state index contributed by atoms with van der Waals surface area (Å²) < 4.78 is 10.2. The van der Waals surface area contributed by atoms with Crippen LogP contribution in [0.4, 0.5) is 0 Å². The van der Waals surface area contributed by atoms with Gasteiger partial charge in [0, 0.05) is 11.0 Å². The highest BCUT2D eigenvalue weighted by Gasteiger charge is 2.80. The summed E-state index contributed by atoms with van der Waals surface area (Å²) in [5, 5.41) is 2.91. The van der Waals surface area contributed by atoms with Crippen molar-refractivity contribution >= 4 is 29.8 Å². The summed E-state index contributed by atoms with van der Waals surface area (Å²) in [6.45, 7) is 0. The van der Waals surface area contributed by atoms with Crippen LogP contribution in [0.3, 0.4) is 0 Å². The Morgan fingerprint density at radius 2 is 1.41 bits per heavy atom. The van der Waals surface area contributed by atoms with Crippen molar-refractivity contribution in [2.45, 2.75) is 37.6 Å². The van der Waals surface area contributed by atoms with Crippen LogP contribution < -0.4 is 5.32 Å². The average molecular weight is 435 g/mol. The maximum atomic E-state index is 13.3. The maximum Gasteiger partial charge on any atom is 0.320 e. The van der Waals surface area contributed by atoms with Crippen molar-refractivity contribution in [1.29, 1.82) is 0 Å². The Morgan fingerprint density at radius 1 is 0.812 bits per heavy atom. The molecule has 1 aromatic rings. The predicted molar refractivity (Wildman–Crippen MR) is 106 cm³/mol. The van der Waals surface area contributed by atoms with Gasteiger partial charge in [-0.05, 0) is 31.4 Å². The molecule has 2 bridgehead atoms. The van der Waals surface area contributed by atoms with Crippen molar-refractivity contribution in [3.8, 4) is 0 Å². The molecule has 7 rings (SSSR count). The molecular weight excluding hydrogens is 414 g/mol. The fourth-order valence-corrected chi connectivity index (χ4v) is 7.08. The lowest BCUT2D eigenvalue weighted by molar-refractivity contribution is -0.156. The first kappa shape index (κ1) is 19.4. The van der Waals surface area contributed by atoms with Crippen LogP contribution in [0.25, 0.3) is 0 Å². The lowest BCUT2D eigenvalue weighted by atomic mass is 9.40. The Bertz CT molecular complexity index is 1080. The molecule has 1 amide bonds. The Balaban J connectivity index is 1.60. The summed E-state index contributed by atoms with van der Waals surface area (Å²) in [6.07, 6.45) is 5.44. The molecule has 2 unspecified atom stereocenters. The number of carbonyl (C=O) groups excluding carboxylic acids is 5. The second-order valence-electron chi connectivity index (χ2n) is 9.41. The molecule has 2 aliphatic heterocycles. The zero-order chi connectivity index (χ0) is 22.3. The molecule has 0 aromatic heterocycles. The maximum absolute atomic E-state index is 13.3. The van der Waals surface area contributed by atoms with Crippen LogP contribution in [0.2, 0.25) is 0 Å². The molecule has 6 aliphatic rings. The van der Waals surface area contributed by atoms with E-state index in [1.807, 2.05) is 0 Å². The van der Waals surface area contributed by atoms with Gasteiger partial charge >= 0.3 is 23.9 Å². The number of ether oxygens (including phenoxy) is 2. The summed E-state index contributed by atoms with van der Waals surface area (Å²) in [5.41, 5.74) is -1.36. The van der Waals surface area contributed by atoms with Gasteiger partial charge in [-0.25, -0.2) is 0 Å². The van der Waals surface area contributed by atoms with Gasteiger partial charge in [0.2, 0.25) is 0 Å². The normalized spacial score (nSPS) is 39.3. The minimum atomic E-state index is -1.56. The van der Waals surface area contributed by atoms with Crippen LogP contribution in [0.15, 0.2) is 42.0 Å². The lowest BCUT2D eigenvalue weighted by Crippen LogP contribution is -2.73. The molecule has 4 aliphatic carbocycles. The minimum Gasteiger partial charge on any atom is -0.393 e. The predicted octanol–water partition coefficient (Wildman–Crippen LogP) is 1.69. The number of cyclic esters (lactones) is 4. The number of allylic oxidation sites excluding steroid dienone is 1. The van der Waals surface area contributed by atoms with Gasteiger partial charge in [-0.15, -0.1) is 0 Å². The van der Waals surface area contributed by atoms with Crippen LogP contribution in [0.1, 0.15) is 42.5 Å². The van der Waals surface area contributed by atoms with Crippen LogP contribution >= 0.6 is 0 Å². The van der Waals surface area contributed by atoms with E-state index in [2.05, 4.69) is 5.32 Å². The molecule has 2 heterocycles. The third kappa shape index (κ3) is 2.19. The van der Waals surface area contributed by atoms with Crippen molar-refractivity contribution in [1.82, 2.24) is 5.32 Å². The second kappa shape index (κ2) is 6.37. The summed E-state index contributed by atoms with van der Waals surface area (Å²) in [6, 6.07) is 8.41. The van der Waals surface area contributed by atoms with E-state index in [0.29, 0.717) is 18.4 Å². The topological polar surface area (TPSA) is 116 Å². The molecule has 4 fully saturated rings. The standard InChI is InChI=1S/C24H21NO7/c26-18(12-7-3-1-4-8-12)25-24-11-13-9-5-2-6-10-23(13,14-16(24)21(29)31-19(14)27)15-17(24)22(30)32-20(15)28/h1,3-4,7-8,11,14-17H,2,5-6,9-10H2,(H,25,26)/t14-,15+,16+,17-,23?,24?. The lowest BCUT2D eigenvalue weighted by Gasteiger charge is -2.60. The largest absolute Gasteiger partial charge is 0.393 e. The van der Waals surface area contributed by atoms with Crippen LogP contribution in [0.5, 0.6) is 0 Å². The van der Waals surface area contributed by atoms with E-state index in [0.717, 1.165) is 24.8 Å². The molecule has 32 heavy (non-hydrogen) atoms. The summed E-state index contributed by atoms with van der Waals surface area (Å²) in [5.74, 6) is -7.41. The highest BCUT2D eigenvalue weighted by Crippen LogP contribution is 2.70. The number of benzene rings is 1. The fraction of sp³-hybridized carbons (Fsp3) is 0.458. The van der Waals surface area contributed by atoms with Crippen molar-refractivity contribution < 1.29 is 33.4 Å². The molecule has 6 atom stereocenters. The van der Waals surface area contributed by atoms with Crippen molar-refractivity contribution in [2.24, 2.45) is 29.1 Å². The SMILES string of the molecule is O=C(NC12C=C3CCCCCC3([C@@H]3C(=O)OC(=O)[C@@H]31)[C@H]1C(=O)OC(=O)[C@H]12)c1ccccc1. The van der Waals surface area contributed by atoms with Crippen molar-refractivity contribution in [3.63, 3.8) is 0 Å². The Labute approximate surface area is 183 Å². The summed E-state index contributed by atoms with van der Waals surface area (Å²) >= 11 is 0. The first-order valence-corrected chi connectivity index (χ1v) is 11.0. The molecular formula is C24H21NO7.